The molecule has 1 aromatic carbocycles. The zero-order valence-electron chi connectivity index (χ0n) is 14.3. The molecule has 1 aliphatic heterocycles. The molecule has 0 N–H and O–H groups in total. The number of benzene rings is 1. The second-order valence-electron chi connectivity index (χ2n) is 6.69. The average Bonchev–Trinajstić information content (AvgIpc) is 3.05. The summed E-state index contributed by atoms with van der Waals surface area (Å²) in [7, 11) is -3.38. The lowest BCUT2D eigenvalue weighted by molar-refractivity contribution is 0.254. The van der Waals surface area contributed by atoms with E-state index in [4.69, 9.17) is 0 Å². The minimum absolute atomic E-state index is 0.379. The molecular formula is C19H20BrN3O2S. The van der Waals surface area contributed by atoms with Gasteiger partial charge in [-0.2, -0.15) is 4.31 Å². The molecule has 0 unspecified atom stereocenters. The Kier molecular flexibility index (Phi) is 4.86. The van der Waals surface area contributed by atoms with E-state index in [2.05, 4.69) is 43.8 Å². The van der Waals surface area contributed by atoms with Crippen LogP contribution in [0.5, 0.6) is 0 Å². The molecule has 5 nitrogen and oxygen atoms in total. The molecule has 1 fully saturated rings. The van der Waals surface area contributed by atoms with Gasteiger partial charge >= 0.3 is 0 Å². The van der Waals surface area contributed by atoms with Gasteiger partial charge in [0, 0.05) is 41.9 Å². The fourth-order valence-corrected chi connectivity index (χ4v) is 5.39. The van der Waals surface area contributed by atoms with Crippen LogP contribution < -0.4 is 0 Å². The third-order valence-corrected chi connectivity index (χ3v) is 7.32. The van der Waals surface area contributed by atoms with Crippen LogP contribution in [0, 0.1) is 5.92 Å². The fraction of sp³-hybridized carbons (Fsp3) is 0.316. The van der Waals surface area contributed by atoms with Gasteiger partial charge in [-0.1, -0.05) is 18.2 Å². The van der Waals surface area contributed by atoms with Crippen LogP contribution in [0.3, 0.4) is 0 Å². The van der Waals surface area contributed by atoms with Crippen molar-refractivity contribution in [2.24, 2.45) is 5.92 Å². The summed E-state index contributed by atoms with van der Waals surface area (Å²) < 4.78 is 30.2. The molecule has 0 spiro atoms. The smallest absolute Gasteiger partial charge is 0.243 e. The van der Waals surface area contributed by atoms with E-state index < -0.39 is 10.0 Å². The van der Waals surface area contributed by atoms with Crippen molar-refractivity contribution < 1.29 is 8.42 Å². The highest BCUT2D eigenvalue weighted by Crippen LogP contribution is 2.26. The molecule has 136 valence electrons. The standard InChI is InChI=1S/C19H20BrN3O2S/c20-17-12-16-8-9-22(19(16)21-13-17)14-15-6-10-23(11-7-15)26(24,25)18-4-2-1-3-5-18/h1-5,8-9,12-13,15H,6-7,10-11,14H2. The predicted molar refractivity (Wildman–Crippen MR) is 105 cm³/mol. The van der Waals surface area contributed by atoms with E-state index in [1.807, 2.05) is 12.3 Å². The maximum Gasteiger partial charge on any atom is 0.243 e. The van der Waals surface area contributed by atoms with Crippen LogP contribution in [0.4, 0.5) is 0 Å². The summed E-state index contributed by atoms with van der Waals surface area (Å²) in [5.74, 6) is 0.457. The number of nitrogens with zero attached hydrogens (tertiary/aromatic N) is 3. The Hall–Kier alpha value is -1.70. The Bertz CT molecular complexity index is 1010. The second-order valence-corrected chi connectivity index (χ2v) is 9.55. The topological polar surface area (TPSA) is 55.2 Å². The zero-order chi connectivity index (χ0) is 18.1. The van der Waals surface area contributed by atoms with Crippen molar-refractivity contribution in [2.75, 3.05) is 13.1 Å². The van der Waals surface area contributed by atoms with Gasteiger partial charge in [0.25, 0.3) is 0 Å². The van der Waals surface area contributed by atoms with Crippen molar-refractivity contribution in [3.8, 4) is 0 Å². The molecule has 0 amide bonds. The van der Waals surface area contributed by atoms with Gasteiger partial charge in [-0.15, -0.1) is 0 Å². The zero-order valence-corrected chi connectivity index (χ0v) is 16.7. The van der Waals surface area contributed by atoms with Crippen molar-refractivity contribution in [1.82, 2.24) is 13.9 Å². The fourth-order valence-electron chi connectivity index (χ4n) is 3.55. The van der Waals surface area contributed by atoms with Gasteiger partial charge in [0.2, 0.25) is 10.0 Å². The SMILES string of the molecule is O=S(=O)(c1ccccc1)N1CCC(Cn2ccc3cc(Br)cnc32)CC1. The van der Waals surface area contributed by atoms with Crippen molar-refractivity contribution >= 4 is 37.0 Å². The van der Waals surface area contributed by atoms with Crippen LogP contribution in [-0.2, 0) is 16.6 Å². The molecule has 4 rings (SSSR count). The monoisotopic (exact) mass is 433 g/mol. The van der Waals surface area contributed by atoms with Gasteiger partial charge in [0.05, 0.1) is 4.90 Å². The molecule has 26 heavy (non-hydrogen) atoms. The van der Waals surface area contributed by atoms with Gasteiger partial charge in [0.1, 0.15) is 5.65 Å². The first kappa shape index (κ1) is 17.7. The Balaban J connectivity index is 1.44. The van der Waals surface area contributed by atoms with E-state index in [1.54, 1.807) is 28.6 Å². The highest BCUT2D eigenvalue weighted by atomic mass is 79.9. The van der Waals surface area contributed by atoms with E-state index in [0.29, 0.717) is 23.9 Å². The molecule has 3 heterocycles. The van der Waals surface area contributed by atoms with Crippen LogP contribution >= 0.6 is 15.9 Å². The molecule has 2 aromatic heterocycles. The third-order valence-electron chi connectivity index (χ3n) is 4.98. The lowest BCUT2D eigenvalue weighted by Crippen LogP contribution is -2.39. The first-order valence-electron chi connectivity index (χ1n) is 8.69. The van der Waals surface area contributed by atoms with E-state index in [0.717, 1.165) is 34.9 Å². The Labute approximate surface area is 161 Å². The maximum absolute atomic E-state index is 12.7. The molecular weight excluding hydrogens is 414 g/mol. The van der Waals surface area contributed by atoms with Gasteiger partial charge < -0.3 is 4.57 Å². The average molecular weight is 434 g/mol. The summed E-state index contributed by atoms with van der Waals surface area (Å²) in [6, 6.07) is 12.8. The number of pyridine rings is 1. The number of hydrogen-bond donors (Lipinski definition) is 0. The number of sulfonamides is 1. The third kappa shape index (κ3) is 3.43. The minimum atomic E-state index is -3.38. The second kappa shape index (κ2) is 7.13. The number of aromatic nitrogens is 2. The molecule has 3 aromatic rings. The van der Waals surface area contributed by atoms with Crippen LogP contribution in [0.25, 0.3) is 11.0 Å². The predicted octanol–water partition coefficient (Wildman–Crippen LogP) is 3.90. The molecule has 0 radical (unpaired) electrons. The molecule has 0 bridgehead atoms. The van der Waals surface area contributed by atoms with Crippen LogP contribution in [0.2, 0.25) is 0 Å². The lowest BCUT2D eigenvalue weighted by Gasteiger charge is -2.31. The van der Waals surface area contributed by atoms with E-state index in [1.165, 1.54) is 0 Å². The first-order chi connectivity index (χ1) is 12.5. The molecule has 1 saturated heterocycles. The molecule has 7 heteroatoms. The van der Waals surface area contributed by atoms with Crippen molar-refractivity contribution in [3.05, 3.63) is 59.3 Å². The molecule has 0 saturated carbocycles. The number of piperidine rings is 1. The van der Waals surface area contributed by atoms with Crippen molar-refractivity contribution in [3.63, 3.8) is 0 Å². The minimum Gasteiger partial charge on any atom is -0.332 e. The molecule has 0 aliphatic carbocycles. The quantitative estimate of drug-likeness (QED) is 0.626. The number of fused-ring (bicyclic) bond motifs is 1. The van der Waals surface area contributed by atoms with Crippen LogP contribution in [-0.4, -0.2) is 35.4 Å². The summed E-state index contributed by atoms with van der Waals surface area (Å²) in [6.45, 7) is 2.01. The first-order valence-corrected chi connectivity index (χ1v) is 10.9. The summed E-state index contributed by atoms with van der Waals surface area (Å²) in [5.41, 5.74) is 0.979. The van der Waals surface area contributed by atoms with Crippen LogP contribution in [0.1, 0.15) is 12.8 Å². The summed E-state index contributed by atoms with van der Waals surface area (Å²) in [6.07, 6.45) is 5.61. The normalized spacial score (nSPS) is 17.0. The van der Waals surface area contributed by atoms with Gasteiger partial charge in [-0.25, -0.2) is 13.4 Å². The van der Waals surface area contributed by atoms with Crippen LogP contribution in [0.15, 0.2) is 64.2 Å². The Morgan fingerprint density at radius 2 is 1.85 bits per heavy atom. The highest BCUT2D eigenvalue weighted by Gasteiger charge is 2.29. The highest BCUT2D eigenvalue weighted by molar-refractivity contribution is 9.10. The maximum atomic E-state index is 12.7. The van der Waals surface area contributed by atoms with Crippen molar-refractivity contribution in [1.29, 1.82) is 0 Å². The van der Waals surface area contributed by atoms with E-state index in [-0.39, 0.29) is 0 Å². The summed E-state index contributed by atoms with van der Waals surface area (Å²) in [4.78, 5) is 4.89. The summed E-state index contributed by atoms with van der Waals surface area (Å²) >= 11 is 3.45. The van der Waals surface area contributed by atoms with Gasteiger partial charge in [-0.3, -0.25) is 0 Å². The van der Waals surface area contributed by atoms with Gasteiger partial charge in [-0.05, 0) is 59.0 Å². The lowest BCUT2D eigenvalue weighted by atomic mass is 9.98. The molecule has 0 atom stereocenters. The Morgan fingerprint density at radius 1 is 1.12 bits per heavy atom. The summed E-state index contributed by atoms with van der Waals surface area (Å²) in [5, 5.41) is 1.11. The number of rotatable bonds is 4. The van der Waals surface area contributed by atoms with E-state index >= 15 is 0 Å². The largest absolute Gasteiger partial charge is 0.332 e. The van der Waals surface area contributed by atoms with Crippen molar-refractivity contribution in [2.45, 2.75) is 24.3 Å². The van der Waals surface area contributed by atoms with Gasteiger partial charge in [0.15, 0.2) is 0 Å². The van der Waals surface area contributed by atoms with E-state index in [9.17, 15) is 8.42 Å². The number of hydrogen-bond acceptors (Lipinski definition) is 3. The molecule has 1 aliphatic rings. The Morgan fingerprint density at radius 3 is 2.58 bits per heavy atom. The number of halogens is 1.